The minimum Gasteiger partial charge on any atom is -0.493 e. The van der Waals surface area contributed by atoms with Gasteiger partial charge in [-0.25, -0.2) is 13.6 Å². The van der Waals surface area contributed by atoms with Crippen molar-refractivity contribution in [2.24, 2.45) is 5.73 Å². The Morgan fingerprint density at radius 3 is 1.49 bits per heavy atom. The molecule has 0 radical (unpaired) electrons. The molecule has 0 atom stereocenters. The number of hydrogen-bond donors (Lipinski definition) is 5. The van der Waals surface area contributed by atoms with Gasteiger partial charge in [0.05, 0.1) is 39.6 Å². The van der Waals surface area contributed by atoms with Gasteiger partial charge in [-0.15, -0.1) is 0 Å². The molecule has 0 unspecified atom stereocenters. The second-order valence-corrected chi connectivity index (χ2v) is 12.8. The van der Waals surface area contributed by atoms with Gasteiger partial charge in [-0.05, 0) is 95.8 Å². The number of carbonyl (C=O) groups excluding carboxylic acids is 1. The summed E-state index contributed by atoms with van der Waals surface area (Å²) in [5, 5.41) is 11.3. The molecule has 1 amide bonds. The van der Waals surface area contributed by atoms with Crippen LogP contribution in [0, 0.1) is 11.6 Å². The third-order valence-electron chi connectivity index (χ3n) is 9.26. The van der Waals surface area contributed by atoms with Crippen LogP contribution < -0.4 is 41.5 Å². The number of ether oxygens (including phenoxy) is 4. The van der Waals surface area contributed by atoms with Crippen molar-refractivity contribution < 1.29 is 42.4 Å². The van der Waals surface area contributed by atoms with Crippen molar-refractivity contribution in [1.82, 2.24) is 15.1 Å². The fraction of sp³-hybridized carbons (Fsp3) is 0.350. The Morgan fingerprint density at radius 1 is 0.673 bits per heavy atom. The molecule has 4 aromatic carbocycles. The zero-order valence-corrected chi connectivity index (χ0v) is 31.6. The molecule has 2 heterocycles. The predicted molar refractivity (Wildman–Crippen MR) is 207 cm³/mol. The second-order valence-electron chi connectivity index (χ2n) is 12.8. The van der Waals surface area contributed by atoms with E-state index in [4.69, 9.17) is 41.3 Å². The number of hydrogen-bond acceptors (Lipinski definition) is 11. The van der Waals surface area contributed by atoms with Crippen LogP contribution in [-0.2, 0) is 25.9 Å². The van der Waals surface area contributed by atoms with Crippen LogP contribution in [0.2, 0.25) is 0 Å². The average molecular weight is 765 g/mol. The van der Waals surface area contributed by atoms with Crippen LogP contribution in [-0.4, -0.2) is 94.5 Å². The van der Waals surface area contributed by atoms with Crippen LogP contribution in [0.15, 0.2) is 60.7 Å². The number of fused-ring (bicyclic) bond motifs is 2. The summed E-state index contributed by atoms with van der Waals surface area (Å²) in [5.74, 6) is 0.654. The van der Waals surface area contributed by atoms with Gasteiger partial charge in [0.1, 0.15) is 11.6 Å². The molecule has 0 bridgehead atoms. The van der Waals surface area contributed by atoms with Gasteiger partial charge < -0.3 is 46.6 Å². The molecule has 0 spiro atoms. The third kappa shape index (κ3) is 11.4. The lowest BCUT2D eigenvalue weighted by Crippen LogP contribution is -2.38. The molecule has 0 aromatic heterocycles. The summed E-state index contributed by atoms with van der Waals surface area (Å²) in [6.45, 7) is 6.56. The molecular weight excluding hydrogens is 714 g/mol. The van der Waals surface area contributed by atoms with Crippen LogP contribution in [0.4, 0.5) is 20.2 Å². The minimum atomic E-state index is -1.15. The lowest BCUT2D eigenvalue weighted by molar-refractivity contribution is 0.0697. The number of rotatable bonds is 11. The summed E-state index contributed by atoms with van der Waals surface area (Å²) in [6, 6.07) is 15.2. The molecule has 2 aliphatic rings. The van der Waals surface area contributed by atoms with Gasteiger partial charge in [0.2, 0.25) is 0 Å². The predicted octanol–water partition coefficient (Wildman–Crippen LogP) is 4.34. The Morgan fingerprint density at radius 2 is 1.09 bits per heavy atom. The third-order valence-corrected chi connectivity index (χ3v) is 9.26. The molecule has 0 saturated carbocycles. The molecule has 296 valence electrons. The molecule has 2 aliphatic heterocycles. The molecular formula is C40H50F2N6O7. The first-order chi connectivity index (χ1) is 26.4. The SMILES string of the molecule is COc1cc2c(cc1OC)CN(CCN)CC2.COc1cc2c(cc1OC)CN(CCNC(=O)c1ccc(F)cc1N)CC2.Nc1cc(F)ccc1C(=O)O. The topological polar surface area (TPSA) is 188 Å². The largest absolute Gasteiger partial charge is 0.493 e. The molecule has 8 N–H and O–H groups in total. The number of amides is 1. The van der Waals surface area contributed by atoms with Gasteiger partial charge in [-0.3, -0.25) is 14.6 Å². The molecule has 15 heteroatoms. The lowest BCUT2D eigenvalue weighted by Gasteiger charge is -2.29. The fourth-order valence-electron chi connectivity index (χ4n) is 6.34. The summed E-state index contributed by atoms with van der Waals surface area (Å²) in [5.41, 5.74) is 21.9. The zero-order valence-electron chi connectivity index (χ0n) is 31.6. The van der Waals surface area contributed by atoms with E-state index in [2.05, 4.69) is 27.2 Å². The van der Waals surface area contributed by atoms with Crippen molar-refractivity contribution in [3.05, 3.63) is 106 Å². The van der Waals surface area contributed by atoms with Crippen molar-refractivity contribution in [3.63, 3.8) is 0 Å². The highest BCUT2D eigenvalue weighted by molar-refractivity contribution is 5.99. The maximum Gasteiger partial charge on any atom is 0.337 e. The van der Waals surface area contributed by atoms with E-state index in [1.807, 2.05) is 12.1 Å². The van der Waals surface area contributed by atoms with Gasteiger partial charge >= 0.3 is 5.97 Å². The first-order valence-corrected chi connectivity index (χ1v) is 17.6. The number of benzene rings is 4. The normalized spacial score (nSPS) is 13.4. The highest BCUT2D eigenvalue weighted by atomic mass is 19.1. The molecule has 55 heavy (non-hydrogen) atoms. The Bertz CT molecular complexity index is 1950. The van der Waals surface area contributed by atoms with Gasteiger partial charge in [-0.2, -0.15) is 0 Å². The van der Waals surface area contributed by atoms with Gasteiger partial charge in [0.25, 0.3) is 5.91 Å². The molecule has 13 nitrogen and oxygen atoms in total. The smallest absolute Gasteiger partial charge is 0.337 e. The molecule has 0 aliphatic carbocycles. The second kappa shape index (κ2) is 20.2. The summed E-state index contributed by atoms with van der Waals surface area (Å²) < 4.78 is 46.8. The molecule has 0 fully saturated rings. The van der Waals surface area contributed by atoms with E-state index in [0.717, 1.165) is 92.8 Å². The van der Waals surface area contributed by atoms with Crippen LogP contribution in [0.1, 0.15) is 43.0 Å². The van der Waals surface area contributed by atoms with Crippen molar-refractivity contribution in [2.45, 2.75) is 25.9 Å². The van der Waals surface area contributed by atoms with Gasteiger partial charge in [0, 0.05) is 63.7 Å². The zero-order chi connectivity index (χ0) is 40.1. The number of aromatic carboxylic acids is 1. The van der Waals surface area contributed by atoms with Crippen LogP contribution in [0.25, 0.3) is 0 Å². The summed E-state index contributed by atoms with van der Waals surface area (Å²) in [4.78, 5) is 27.2. The van der Waals surface area contributed by atoms with Crippen LogP contribution >= 0.6 is 0 Å². The number of nitrogens with zero attached hydrogens (tertiary/aromatic N) is 2. The Labute approximate surface area is 319 Å². The number of halogens is 2. The van der Waals surface area contributed by atoms with E-state index >= 15 is 0 Å². The number of carboxylic acid groups (broad SMARTS) is 1. The van der Waals surface area contributed by atoms with Crippen molar-refractivity contribution in [2.75, 3.05) is 79.2 Å². The Hall–Kier alpha value is -5.64. The first kappa shape index (κ1) is 42.1. The number of anilines is 2. The van der Waals surface area contributed by atoms with E-state index in [1.165, 1.54) is 34.4 Å². The number of carbonyl (C=O) groups is 2. The monoisotopic (exact) mass is 764 g/mol. The van der Waals surface area contributed by atoms with Crippen LogP contribution in [0.5, 0.6) is 23.0 Å². The summed E-state index contributed by atoms with van der Waals surface area (Å²) in [6.07, 6.45) is 1.96. The van der Waals surface area contributed by atoms with E-state index in [0.29, 0.717) is 19.6 Å². The molecule has 0 saturated heterocycles. The van der Waals surface area contributed by atoms with Crippen molar-refractivity contribution >= 4 is 23.3 Å². The summed E-state index contributed by atoms with van der Waals surface area (Å²) >= 11 is 0. The minimum absolute atomic E-state index is 0.0579. The van der Waals surface area contributed by atoms with E-state index in [-0.39, 0.29) is 28.4 Å². The molecule has 6 rings (SSSR count). The van der Waals surface area contributed by atoms with Crippen molar-refractivity contribution in [3.8, 4) is 23.0 Å². The highest BCUT2D eigenvalue weighted by Gasteiger charge is 2.21. The quantitative estimate of drug-likeness (QED) is 0.136. The Kier molecular flexibility index (Phi) is 15.4. The average Bonchev–Trinajstić information content (AvgIpc) is 3.17. The van der Waals surface area contributed by atoms with Gasteiger partial charge in [0.15, 0.2) is 23.0 Å². The van der Waals surface area contributed by atoms with E-state index in [1.54, 1.807) is 28.4 Å². The fourth-order valence-corrected chi connectivity index (χ4v) is 6.34. The van der Waals surface area contributed by atoms with Crippen molar-refractivity contribution in [1.29, 1.82) is 0 Å². The first-order valence-electron chi connectivity index (χ1n) is 17.6. The van der Waals surface area contributed by atoms with Crippen LogP contribution in [0.3, 0.4) is 0 Å². The summed E-state index contributed by atoms with van der Waals surface area (Å²) in [7, 11) is 6.61. The van der Waals surface area contributed by atoms with E-state index < -0.39 is 17.6 Å². The molecule has 4 aromatic rings. The number of nitrogen functional groups attached to an aromatic ring is 2. The maximum absolute atomic E-state index is 13.1. The number of nitrogens with one attached hydrogen (secondary N) is 1. The standard InChI is InChI=1S/C20H24FN3O3.C13H20N2O2.C7H6FNO2/c1-26-18-9-13-5-7-24(12-14(13)10-19(18)27-2)8-6-23-20(25)16-4-3-15(21)11-17(16)22;1-16-12-7-10-3-5-15(6-4-14)9-11(10)8-13(12)17-2;8-4-1-2-5(7(10)11)6(9)3-4/h3-4,9-11H,5-8,12,22H2,1-2H3,(H,23,25);7-8H,3-6,9,14H2,1-2H3;1-3H,9H2,(H,10,11). The number of carboxylic acids is 1. The Balaban J connectivity index is 0.000000204. The van der Waals surface area contributed by atoms with E-state index in [9.17, 15) is 18.4 Å². The number of nitrogens with two attached hydrogens (primary N) is 3. The number of methoxy groups -OCH3 is 4. The van der Waals surface area contributed by atoms with Gasteiger partial charge in [-0.1, -0.05) is 0 Å². The highest BCUT2D eigenvalue weighted by Crippen LogP contribution is 2.34. The lowest BCUT2D eigenvalue weighted by atomic mass is 9.99. The maximum atomic E-state index is 13.1.